The zero-order chi connectivity index (χ0) is 22.4. The van der Waals surface area contributed by atoms with Crippen molar-refractivity contribution < 1.29 is 18.7 Å². The Labute approximate surface area is 181 Å². The number of nitrogens with zero attached hydrogens (tertiary/aromatic N) is 3. The molecule has 1 fully saturated rings. The Morgan fingerprint density at radius 1 is 1.22 bits per heavy atom. The molecule has 0 spiro atoms. The van der Waals surface area contributed by atoms with Crippen LogP contribution in [0, 0.1) is 11.6 Å². The van der Waals surface area contributed by atoms with Crippen LogP contribution in [0.3, 0.4) is 0 Å². The Balaban J connectivity index is 1.53. The van der Waals surface area contributed by atoms with E-state index in [4.69, 9.17) is 0 Å². The van der Waals surface area contributed by atoms with Crippen LogP contribution in [-0.4, -0.2) is 44.5 Å². The number of benzene rings is 1. The highest BCUT2D eigenvalue weighted by molar-refractivity contribution is 5.99. The first-order chi connectivity index (χ1) is 15.4. The fourth-order valence-electron chi connectivity index (χ4n) is 4.05. The topological polar surface area (TPSA) is 94.1 Å². The largest absolute Gasteiger partial charge is 0.494 e. The number of nitrogens with one attached hydrogen (secondary N) is 2. The first-order valence-electron chi connectivity index (χ1n) is 10.1. The monoisotopic (exact) mass is 435 g/mol. The van der Waals surface area contributed by atoms with E-state index in [-0.39, 0.29) is 29.0 Å². The first-order valence-corrected chi connectivity index (χ1v) is 10.1. The van der Waals surface area contributed by atoms with Gasteiger partial charge in [-0.15, -0.1) is 0 Å². The highest BCUT2D eigenvalue weighted by Crippen LogP contribution is 2.36. The quantitative estimate of drug-likeness (QED) is 0.444. The number of aromatic amines is 1. The molecule has 1 saturated heterocycles. The van der Waals surface area contributed by atoms with Gasteiger partial charge >= 0.3 is 0 Å². The van der Waals surface area contributed by atoms with E-state index in [1.807, 2.05) is 6.07 Å². The van der Waals surface area contributed by atoms with Gasteiger partial charge in [-0.2, -0.15) is 0 Å². The molecule has 3 N–H and O–H groups in total. The summed E-state index contributed by atoms with van der Waals surface area (Å²) in [6.07, 6.45) is 3.83. The van der Waals surface area contributed by atoms with Gasteiger partial charge in [-0.25, -0.2) is 18.7 Å². The van der Waals surface area contributed by atoms with E-state index in [1.165, 1.54) is 18.3 Å². The maximum absolute atomic E-state index is 14.4. The van der Waals surface area contributed by atoms with Gasteiger partial charge in [0.15, 0.2) is 5.88 Å². The Morgan fingerprint density at radius 2 is 2.00 bits per heavy atom. The van der Waals surface area contributed by atoms with Crippen molar-refractivity contribution >= 4 is 28.3 Å². The lowest BCUT2D eigenvalue weighted by atomic mass is 10.00. The van der Waals surface area contributed by atoms with E-state index in [9.17, 15) is 18.7 Å². The molecule has 1 amide bonds. The second-order valence-corrected chi connectivity index (χ2v) is 7.75. The molecule has 5 rings (SSSR count). The van der Waals surface area contributed by atoms with Crippen LogP contribution in [0.15, 0.2) is 48.8 Å². The molecule has 4 heterocycles. The van der Waals surface area contributed by atoms with Crippen LogP contribution in [0.2, 0.25) is 0 Å². The minimum atomic E-state index is -0.740. The fraction of sp³-hybridized carbons (Fsp3) is 0.174. The predicted octanol–water partition coefficient (Wildman–Crippen LogP) is 4.30. The van der Waals surface area contributed by atoms with Crippen molar-refractivity contribution in [3.63, 3.8) is 0 Å². The lowest BCUT2D eigenvalue weighted by Crippen LogP contribution is -2.21. The van der Waals surface area contributed by atoms with Crippen molar-refractivity contribution in [2.45, 2.75) is 12.3 Å². The number of carbonyl (C=O) groups excluding carboxylic acids is 1. The molecule has 1 unspecified atom stereocenters. The average Bonchev–Trinajstić information content (AvgIpc) is 3.31. The number of aromatic nitrogens is 3. The second-order valence-electron chi connectivity index (χ2n) is 7.75. The van der Waals surface area contributed by atoms with Gasteiger partial charge in [-0.3, -0.25) is 4.79 Å². The van der Waals surface area contributed by atoms with Gasteiger partial charge in [0.25, 0.3) is 0 Å². The number of pyridine rings is 2. The summed E-state index contributed by atoms with van der Waals surface area (Å²) >= 11 is 0. The summed E-state index contributed by atoms with van der Waals surface area (Å²) in [5.74, 6) is -1.31. The summed E-state index contributed by atoms with van der Waals surface area (Å²) in [6, 6.07) is 8.61. The second kappa shape index (κ2) is 7.60. The van der Waals surface area contributed by atoms with Crippen molar-refractivity contribution in [1.82, 2.24) is 19.9 Å². The van der Waals surface area contributed by atoms with Gasteiger partial charge in [0.05, 0.1) is 33.8 Å². The van der Waals surface area contributed by atoms with Gasteiger partial charge in [0.2, 0.25) is 5.91 Å². The SMILES string of the molecule is CN1CCC(c2ccc(Nc3cc(-c4c(F)cccc4F)nc4c[nH]c(O)c34)nc2)C1=O. The van der Waals surface area contributed by atoms with Gasteiger partial charge in [-0.05, 0) is 36.2 Å². The molecular weight excluding hydrogens is 416 g/mol. The van der Waals surface area contributed by atoms with E-state index in [2.05, 4.69) is 20.3 Å². The molecule has 1 aliphatic heterocycles. The molecule has 0 bridgehead atoms. The molecular formula is C23H19F2N5O2. The lowest BCUT2D eigenvalue weighted by molar-refractivity contribution is -0.127. The van der Waals surface area contributed by atoms with E-state index in [0.717, 1.165) is 24.1 Å². The van der Waals surface area contributed by atoms with E-state index >= 15 is 0 Å². The number of rotatable bonds is 4. The molecule has 1 aromatic carbocycles. The first kappa shape index (κ1) is 19.9. The zero-order valence-corrected chi connectivity index (χ0v) is 17.1. The zero-order valence-electron chi connectivity index (χ0n) is 17.1. The third-order valence-electron chi connectivity index (χ3n) is 5.73. The lowest BCUT2D eigenvalue weighted by Gasteiger charge is -2.13. The summed E-state index contributed by atoms with van der Waals surface area (Å²) < 4.78 is 28.7. The van der Waals surface area contributed by atoms with Crippen LogP contribution in [-0.2, 0) is 4.79 Å². The van der Waals surface area contributed by atoms with Crippen LogP contribution < -0.4 is 5.32 Å². The molecule has 0 saturated carbocycles. The third kappa shape index (κ3) is 3.31. The molecule has 0 aliphatic carbocycles. The molecule has 162 valence electrons. The highest BCUT2D eigenvalue weighted by atomic mass is 19.1. The van der Waals surface area contributed by atoms with Crippen molar-refractivity contribution in [3.05, 3.63) is 66.0 Å². The van der Waals surface area contributed by atoms with Crippen molar-refractivity contribution in [2.24, 2.45) is 0 Å². The number of hydrogen-bond donors (Lipinski definition) is 3. The Kier molecular flexibility index (Phi) is 4.73. The third-order valence-corrected chi connectivity index (χ3v) is 5.73. The molecule has 32 heavy (non-hydrogen) atoms. The number of likely N-dealkylation sites (tertiary alicyclic amines) is 1. The predicted molar refractivity (Wildman–Crippen MR) is 116 cm³/mol. The average molecular weight is 435 g/mol. The number of H-pyrrole nitrogens is 1. The number of anilines is 2. The molecule has 0 radical (unpaired) electrons. The van der Waals surface area contributed by atoms with Gasteiger partial charge < -0.3 is 20.3 Å². The van der Waals surface area contributed by atoms with Crippen LogP contribution in [0.4, 0.5) is 20.3 Å². The standard InChI is InChI=1S/C23H19F2N5O2/c1-30-8-7-13(23(30)32)12-5-6-19(26-10-12)29-17-9-16(20-14(24)3-2-4-15(20)25)28-18-11-27-22(31)21(17)18/h2-6,9-11,13,27,31H,7-8H2,1H3,(H,26,29). The summed E-state index contributed by atoms with van der Waals surface area (Å²) in [6.45, 7) is 0.709. The number of likely N-dealkylation sites (N-methyl/N-ethyl adjacent to an activating group) is 1. The number of halogens is 2. The molecule has 1 aliphatic rings. The highest BCUT2D eigenvalue weighted by Gasteiger charge is 2.30. The summed E-state index contributed by atoms with van der Waals surface area (Å²) in [7, 11) is 1.78. The number of fused-ring (bicyclic) bond motifs is 1. The number of aromatic hydroxyl groups is 1. The van der Waals surface area contributed by atoms with Crippen molar-refractivity contribution in [2.75, 3.05) is 18.9 Å². The van der Waals surface area contributed by atoms with Crippen molar-refractivity contribution in [3.8, 4) is 17.1 Å². The Hall–Kier alpha value is -4.01. The van der Waals surface area contributed by atoms with Crippen LogP contribution >= 0.6 is 0 Å². The Morgan fingerprint density at radius 3 is 2.66 bits per heavy atom. The normalized spacial score (nSPS) is 16.2. The molecule has 7 nitrogen and oxygen atoms in total. The smallest absolute Gasteiger partial charge is 0.229 e. The minimum Gasteiger partial charge on any atom is -0.494 e. The molecule has 1 atom stereocenters. The van der Waals surface area contributed by atoms with E-state index in [0.29, 0.717) is 29.0 Å². The summed E-state index contributed by atoms with van der Waals surface area (Å²) in [4.78, 5) is 25.3. The number of carbonyl (C=O) groups is 1. The molecule has 9 heteroatoms. The maximum Gasteiger partial charge on any atom is 0.229 e. The molecule has 4 aromatic rings. The van der Waals surface area contributed by atoms with Crippen LogP contribution in [0.25, 0.3) is 22.2 Å². The summed E-state index contributed by atoms with van der Waals surface area (Å²) in [5.41, 5.74) is 1.35. The molecule has 3 aromatic heterocycles. The fourth-order valence-corrected chi connectivity index (χ4v) is 4.05. The van der Waals surface area contributed by atoms with Crippen LogP contribution in [0.1, 0.15) is 17.9 Å². The summed E-state index contributed by atoms with van der Waals surface area (Å²) in [5, 5.41) is 13.7. The van der Waals surface area contributed by atoms with E-state index in [1.54, 1.807) is 24.2 Å². The van der Waals surface area contributed by atoms with Crippen molar-refractivity contribution in [1.29, 1.82) is 0 Å². The van der Waals surface area contributed by atoms with E-state index < -0.39 is 11.6 Å². The number of hydrogen-bond acceptors (Lipinski definition) is 5. The van der Waals surface area contributed by atoms with Gasteiger partial charge in [0, 0.05) is 26.0 Å². The minimum absolute atomic E-state index is 0.0668. The Bertz CT molecular complexity index is 1320. The van der Waals surface area contributed by atoms with Gasteiger partial charge in [-0.1, -0.05) is 12.1 Å². The maximum atomic E-state index is 14.4. The van der Waals surface area contributed by atoms with Gasteiger partial charge in [0.1, 0.15) is 17.5 Å². The number of amides is 1. The van der Waals surface area contributed by atoms with Crippen LogP contribution in [0.5, 0.6) is 5.88 Å².